The lowest BCUT2D eigenvalue weighted by atomic mass is 10.1. The number of nitro benzene ring substituents is 1. The molecule has 0 bridgehead atoms. The molecule has 0 unspecified atom stereocenters. The number of nitro groups is 1. The monoisotopic (exact) mass is 299 g/mol. The minimum atomic E-state index is -0.647. The Morgan fingerprint density at radius 3 is 2.41 bits per heavy atom. The zero-order chi connectivity index (χ0) is 16.3. The highest BCUT2D eigenvalue weighted by Gasteiger charge is 2.17. The van der Waals surface area contributed by atoms with Gasteiger partial charge in [-0.15, -0.1) is 0 Å². The molecule has 7 heteroatoms. The van der Waals surface area contributed by atoms with Crippen LogP contribution in [0.2, 0.25) is 0 Å². The van der Waals surface area contributed by atoms with E-state index in [0.29, 0.717) is 5.56 Å². The van der Waals surface area contributed by atoms with Gasteiger partial charge in [0.15, 0.2) is 0 Å². The van der Waals surface area contributed by atoms with Crippen LogP contribution >= 0.6 is 0 Å². The fourth-order valence-electron chi connectivity index (χ4n) is 1.95. The van der Waals surface area contributed by atoms with Crippen LogP contribution in [0.5, 0.6) is 0 Å². The number of carbonyl (C=O) groups is 2. The maximum absolute atomic E-state index is 12.0. The molecule has 0 saturated heterocycles. The van der Waals surface area contributed by atoms with Gasteiger partial charge in [-0.05, 0) is 31.2 Å². The summed E-state index contributed by atoms with van der Waals surface area (Å²) in [5, 5.41) is 12.9. The number of para-hydroxylation sites is 1. The van der Waals surface area contributed by atoms with E-state index in [2.05, 4.69) is 5.32 Å². The van der Waals surface area contributed by atoms with Crippen LogP contribution in [0.15, 0.2) is 42.5 Å². The number of nitrogens with zero attached hydrogens (tertiary/aromatic N) is 1. The third kappa shape index (κ3) is 3.09. The molecule has 3 N–H and O–H groups in total. The van der Waals surface area contributed by atoms with Crippen LogP contribution in [-0.4, -0.2) is 16.7 Å². The zero-order valence-electron chi connectivity index (χ0n) is 11.7. The van der Waals surface area contributed by atoms with Gasteiger partial charge in [-0.1, -0.05) is 12.1 Å². The van der Waals surface area contributed by atoms with Crippen molar-refractivity contribution in [1.82, 2.24) is 5.32 Å². The zero-order valence-corrected chi connectivity index (χ0v) is 11.7. The molecule has 0 aliphatic rings. The second-order valence-electron chi connectivity index (χ2n) is 4.63. The summed E-state index contributed by atoms with van der Waals surface area (Å²) in [5.41, 5.74) is 6.52. The molecule has 0 heterocycles. The predicted molar refractivity (Wildman–Crippen MR) is 80.5 cm³/mol. The van der Waals surface area contributed by atoms with Crippen molar-refractivity contribution in [2.45, 2.75) is 6.92 Å². The number of nitrogens with one attached hydrogen (secondary N) is 1. The van der Waals surface area contributed by atoms with Crippen molar-refractivity contribution in [3.8, 4) is 0 Å². The lowest BCUT2D eigenvalue weighted by molar-refractivity contribution is -0.385. The van der Waals surface area contributed by atoms with E-state index >= 15 is 0 Å². The number of amides is 2. The third-order valence-corrected chi connectivity index (χ3v) is 3.09. The largest absolute Gasteiger partial charge is 0.398 e. The van der Waals surface area contributed by atoms with E-state index in [1.165, 1.54) is 31.2 Å². The molecule has 2 aromatic rings. The Labute approximate surface area is 125 Å². The Kier molecular flexibility index (Phi) is 4.17. The smallest absolute Gasteiger partial charge is 0.272 e. The van der Waals surface area contributed by atoms with Crippen LogP contribution in [0.3, 0.4) is 0 Å². The molecule has 112 valence electrons. The molecular formula is C15H13N3O4. The fraction of sp³-hybridized carbons (Fsp3) is 0.0667. The van der Waals surface area contributed by atoms with Crippen molar-refractivity contribution in [2.24, 2.45) is 0 Å². The molecule has 22 heavy (non-hydrogen) atoms. The van der Waals surface area contributed by atoms with E-state index in [1.807, 2.05) is 0 Å². The number of hydrogen-bond acceptors (Lipinski definition) is 5. The lowest BCUT2D eigenvalue weighted by Crippen LogP contribution is -2.31. The first-order valence-electron chi connectivity index (χ1n) is 6.35. The van der Waals surface area contributed by atoms with Gasteiger partial charge in [0.25, 0.3) is 17.5 Å². The highest BCUT2D eigenvalue weighted by molar-refractivity contribution is 6.12. The number of imide groups is 1. The third-order valence-electron chi connectivity index (χ3n) is 3.09. The van der Waals surface area contributed by atoms with E-state index in [4.69, 9.17) is 5.73 Å². The normalized spacial score (nSPS) is 10.0. The van der Waals surface area contributed by atoms with Gasteiger partial charge in [-0.25, -0.2) is 0 Å². The lowest BCUT2D eigenvalue weighted by Gasteiger charge is -2.07. The van der Waals surface area contributed by atoms with E-state index < -0.39 is 16.7 Å². The Bertz CT molecular complexity index is 771. The summed E-state index contributed by atoms with van der Waals surface area (Å²) in [4.78, 5) is 34.2. The van der Waals surface area contributed by atoms with E-state index in [1.54, 1.807) is 18.2 Å². The summed E-state index contributed by atoms with van der Waals surface area (Å²) >= 11 is 0. The minimum absolute atomic E-state index is 0.0878. The van der Waals surface area contributed by atoms with Gasteiger partial charge in [-0.2, -0.15) is 0 Å². The molecule has 0 aromatic heterocycles. The molecule has 2 aromatic carbocycles. The highest BCUT2D eigenvalue weighted by Crippen LogP contribution is 2.19. The maximum Gasteiger partial charge on any atom is 0.272 e. The first kappa shape index (κ1) is 15.2. The summed E-state index contributed by atoms with van der Waals surface area (Å²) < 4.78 is 0. The second-order valence-corrected chi connectivity index (χ2v) is 4.63. The van der Waals surface area contributed by atoms with Crippen molar-refractivity contribution in [3.63, 3.8) is 0 Å². The molecule has 2 rings (SSSR count). The molecule has 0 radical (unpaired) electrons. The molecule has 0 atom stereocenters. The average Bonchev–Trinajstić information content (AvgIpc) is 2.46. The van der Waals surface area contributed by atoms with Crippen LogP contribution < -0.4 is 11.1 Å². The maximum atomic E-state index is 12.0. The van der Waals surface area contributed by atoms with Crippen LogP contribution in [0.1, 0.15) is 26.3 Å². The van der Waals surface area contributed by atoms with Crippen molar-refractivity contribution in [2.75, 3.05) is 5.73 Å². The Balaban J connectivity index is 2.19. The molecule has 0 aliphatic carbocycles. The molecule has 0 spiro atoms. The minimum Gasteiger partial charge on any atom is -0.398 e. The Hall–Kier alpha value is -3.22. The van der Waals surface area contributed by atoms with Gasteiger partial charge < -0.3 is 5.73 Å². The van der Waals surface area contributed by atoms with Gasteiger partial charge in [-0.3, -0.25) is 25.0 Å². The predicted octanol–water partition coefficient (Wildman–Crippen LogP) is 2.06. The molecule has 0 saturated carbocycles. The van der Waals surface area contributed by atoms with Crippen LogP contribution in [0.4, 0.5) is 11.4 Å². The summed E-state index contributed by atoms with van der Waals surface area (Å²) in [6.07, 6.45) is 0. The number of aryl methyl sites for hydroxylation is 1. The molecular weight excluding hydrogens is 286 g/mol. The molecule has 0 fully saturated rings. The van der Waals surface area contributed by atoms with Crippen molar-refractivity contribution < 1.29 is 14.5 Å². The number of nitrogen functional groups attached to an aromatic ring is 1. The van der Waals surface area contributed by atoms with Crippen molar-refractivity contribution >= 4 is 23.2 Å². The first-order chi connectivity index (χ1) is 10.4. The Morgan fingerprint density at radius 1 is 1.14 bits per heavy atom. The van der Waals surface area contributed by atoms with Gasteiger partial charge in [0.2, 0.25) is 0 Å². The Morgan fingerprint density at radius 2 is 1.82 bits per heavy atom. The van der Waals surface area contributed by atoms with E-state index in [0.717, 1.165) is 0 Å². The topological polar surface area (TPSA) is 115 Å². The number of rotatable bonds is 3. The fourth-order valence-corrected chi connectivity index (χ4v) is 1.95. The first-order valence-corrected chi connectivity index (χ1v) is 6.35. The summed E-state index contributed by atoms with van der Waals surface area (Å²) in [6.45, 7) is 1.52. The molecule has 0 aliphatic heterocycles. The number of benzene rings is 2. The second kappa shape index (κ2) is 6.04. The van der Waals surface area contributed by atoms with E-state index in [-0.39, 0.29) is 22.5 Å². The molecule has 7 nitrogen and oxygen atoms in total. The average molecular weight is 299 g/mol. The van der Waals surface area contributed by atoms with Gasteiger partial charge >= 0.3 is 0 Å². The van der Waals surface area contributed by atoms with Crippen molar-refractivity contribution in [1.29, 1.82) is 0 Å². The quantitative estimate of drug-likeness (QED) is 0.389. The highest BCUT2D eigenvalue weighted by atomic mass is 16.6. The number of carbonyl (C=O) groups excluding carboxylic acids is 2. The summed E-state index contributed by atoms with van der Waals surface area (Å²) in [7, 11) is 0. The van der Waals surface area contributed by atoms with Crippen LogP contribution in [0.25, 0.3) is 0 Å². The molecule has 2 amide bonds. The van der Waals surface area contributed by atoms with Crippen molar-refractivity contribution in [3.05, 3.63) is 69.3 Å². The van der Waals surface area contributed by atoms with Crippen LogP contribution in [0, 0.1) is 17.0 Å². The van der Waals surface area contributed by atoms with Gasteiger partial charge in [0, 0.05) is 22.9 Å². The number of anilines is 1. The van der Waals surface area contributed by atoms with Gasteiger partial charge in [0.1, 0.15) is 0 Å². The number of hydrogen-bond donors (Lipinski definition) is 2. The van der Waals surface area contributed by atoms with E-state index in [9.17, 15) is 19.7 Å². The van der Waals surface area contributed by atoms with Crippen LogP contribution in [-0.2, 0) is 0 Å². The summed E-state index contributed by atoms with van der Waals surface area (Å²) in [5.74, 6) is -1.27. The van der Waals surface area contributed by atoms with Gasteiger partial charge in [0.05, 0.1) is 10.5 Å². The SMILES string of the molecule is Cc1cc(C(=O)NC(=O)c2ccccc2N)ccc1[N+](=O)[O-]. The summed E-state index contributed by atoms with van der Waals surface area (Å²) in [6, 6.07) is 10.2. The standard InChI is InChI=1S/C15H13N3O4/c1-9-8-10(6-7-13(9)18(21)22)14(19)17-15(20)11-4-2-3-5-12(11)16/h2-8H,16H2,1H3,(H,17,19,20). The number of nitrogens with two attached hydrogens (primary N) is 1.